The van der Waals surface area contributed by atoms with E-state index in [1.54, 1.807) is 44.4 Å². The van der Waals surface area contributed by atoms with Crippen LogP contribution >= 0.6 is 0 Å². The molecule has 0 radical (unpaired) electrons. The van der Waals surface area contributed by atoms with E-state index in [-0.39, 0.29) is 18.5 Å². The van der Waals surface area contributed by atoms with Gasteiger partial charge in [-0.1, -0.05) is 25.1 Å². The molecule has 2 unspecified atom stereocenters. The van der Waals surface area contributed by atoms with Crippen LogP contribution in [0.4, 0.5) is 5.69 Å². The SMILES string of the molecule is CCC(C)NC(=O)C(C)N(Cc1cccc(OC)c1)C(=O)CN(c1ccc(C)c(C)c1)S(C)(=O)=O. The summed E-state index contributed by atoms with van der Waals surface area (Å²) >= 11 is 0. The van der Waals surface area contributed by atoms with Crippen LogP contribution in [0.5, 0.6) is 5.75 Å². The molecule has 0 aliphatic heterocycles. The van der Waals surface area contributed by atoms with Gasteiger partial charge in [-0.3, -0.25) is 13.9 Å². The van der Waals surface area contributed by atoms with Crippen molar-refractivity contribution in [1.82, 2.24) is 10.2 Å². The zero-order valence-corrected chi connectivity index (χ0v) is 22.5. The Morgan fingerprint density at radius 2 is 1.74 bits per heavy atom. The van der Waals surface area contributed by atoms with Crippen molar-refractivity contribution in [1.29, 1.82) is 0 Å². The number of hydrogen-bond donors (Lipinski definition) is 1. The first-order valence-electron chi connectivity index (χ1n) is 11.6. The molecule has 0 heterocycles. The van der Waals surface area contributed by atoms with Crippen molar-refractivity contribution < 1.29 is 22.7 Å². The standard InChI is InChI=1S/C26H37N3O5S/c1-8-20(4)27-26(31)21(5)28(16-22-10-9-11-24(15-22)34-6)25(30)17-29(35(7,32)33)23-13-12-18(2)19(3)14-23/h9-15,20-21H,8,16-17H2,1-7H3,(H,27,31). The first kappa shape index (κ1) is 28.2. The quantitative estimate of drug-likeness (QED) is 0.507. The normalized spacial score (nSPS) is 13.0. The lowest BCUT2D eigenvalue weighted by molar-refractivity contribution is -0.139. The molecule has 0 saturated heterocycles. The molecular formula is C26H37N3O5S. The number of aryl methyl sites for hydroxylation is 2. The molecule has 2 atom stereocenters. The van der Waals surface area contributed by atoms with Crippen LogP contribution < -0.4 is 14.4 Å². The summed E-state index contributed by atoms with van der Waals surface area (Å²) in [6.45, 7) is 9.02. The molecule has 0 aliphatic carbocycles. The smallest absolute Gasteiger partial charge is 0.244 e. The molecule has 9 heteroatoms. The van der Waals surface area contributed by atoms with Crippen LogP contribution in [0, 0.1) is 13.8 Å². The number of benzene rings is 2. The molecule has 1 N–H and O–H groups in total. The van der Waals surface area contributed by atoms with Crippen LogP contribution in [-0.2, 0) is 26.2 Å². The highest BCUT2D eigenvalue weighted by molar-refractivity contribution is 7.92. The van der Waals surface area contributed by atoms with Crippen molar-refractivity contribution in [2.24, 2.45) is 0 Å². The van der Waals surface area contributed by atoms with E-state index in [4.69, 9.17) is 4.74 Å². The van der Waals surface area contributed by atoms with Crippen LogP contribution in [0.3, 0.4) is 0 Å². The van der Waals surface area contributed by atoms with E-state index >= 15 is 0 Å². The van der Waals surface area contributed by atoms with Crippen LogP contribution in [0.25, 0.3) is 0 Å². The molecule has 0 aliphatic rings. The van der Waals surface area contributed by atoms with E-state index in [0.29, 0.717) is 11.4 Å². The molecular weight excluding hydrogens is 466 g/mol. The summed E-state index contributed by atoms with van der Waals surface area (Å²) in [4.78, 5) is 27.9. The van der Waals surface area contributed by atoms with Gasteiger partial charge in [0.15, 0.2) is 0 Å². The number of nitrogens with one attached hydrogen (secondary N) is 1. The Morgan fingerprint density at radius 1 is 1.06 bits per heavy atom. The minimum absolute atomic E-state index is 0.0539. The van der Waals surface area contributed by atoms with Gasteiger partial charge in [-0.15, -0.1) is 0 Å². The highest BCUT2D eigenvalue weighted by Crippen LogP contribution is 2.22. The van der Waals surface area contributed by atoms with E-state index in [0.717, 1.165) is 33.7 Å². The van der Waals surface area contributed by atoms with Gasteiger partial charge in [0.2, 0.25) is 21.8 Å². The Bertz CT molecular complexity index is 1150. The number of rotatable bonds is 11. The number of amides is 2. The van der Waals surface area contributed by atoms with E-state index in [9.17, 15) is 18.0 Å². The Morgan fingerprint density at radius 3 is 2.31 bits per heavy atom. The maximum absolute atomic E-state index is 13.6. The highest BCUT2D eigenvalue weighted by atomic mass is 32.2. The monoisotopic (exact) mass is 503 g/mol. The van der Waals surface area contributed by atoms with Crippen molar-refractivity contribution >= 4 is 27.5 Å². The van der Waals surface area contributed by atoms with E-state index in [2.05, 4.69) is 5.32 Å². The summed E-state index contributed by atoms with van der Waals surface area (Å²) < 4.78 is 31.7. The summed E-state index contributed by atoms with van der Waals surface area (Å²) in [5, 5.41) is 2.91. The number of anilines is 1. The molecule has 35 heavy (non-hydrogen) atoms. The summed E-state index contributed by atoms with van der Waals surface area (Å²) in [6, 6.07) is 11.6. The van der Waals surface area contributed by atoms with Crippen molar-refractivity contribution in [3.8, 4) is 5.75 Å². The molecule has 0 fully saturated rings. The molecule has 0 spiro atoms. The Kier molecular flexibility index (Phi) is 9.71. The van der Waals surface area contributed by atoms with Gasteiger partial charge in [-0.2, -0.15) is 0 Å². The largest absolute Gasteiger partial charge is 0.497 e. The maximum Gasteiger partial charge on any atom is 0.244 e. The van der Waals surface area contributed by atoms with Gasteiger partial charge in [0.05, 0.1) is 19.1 Å². The molecule has 0 bridgehead atoms. The van der Waals surface area contributed by atoms with Gasteiger partial charge in [-0.05, 0) is 75.1 Å². The maximum atomic E-state index is 13.6. The fraction of sp³-hybridized carbons (Fsp3) is 0.462. The molecule has 2 amide bonds. The zero-order valence-electron chi connectivity index (χ0n) is 21.7. The molecule has 8 nitrogen and oxygen atoms in total. The van der Waals surface area contributed by atoms with Gasteiger partial charge < -0.3 is 15.0 Å². The molecule has 0 saturated carbocycles. The predicted octanol–water partition coefficient (Wildman–Crippen LogP) is 3.41. The lowest BCUT2D eigenvalue weighted by Crippen LogP contribution is -2.52. The van der Waals surface area contributed by atoms with Gasteiger partial charge in [-0.25, -0.2) is 8.42 Å². The third kappa shape index (κ3) is 7.71. The molecule has 2 aromatic carbocycles. The number of methoxy groups -OCH3 is 1. The first-order chi connectivity index (χ1) is 16.4. The van der Waals surface area contributed by atoms with E-state index in [1.165, 1.54) is 4.90 Å². The van der Waals surface area contributed by atoms with E-state index < -0.39 is 28.5 Å². The van der Waals surface area contributed by atoms with Crippen molar-refractivity contribution in [3.63, 3.8) is 0 Å². The lowest BCUT2D eigenvalue weighted by Gasteiger charge is -2.32. The second kappa shape index (κ2) is 12.1. The second-order valence-electron chi connectivity index (χ2n) is 8.91. The lowest BCUT2D eigenvalue weighted by atomic mass is 10.1. The minimum atomic E-state index is -3.76. The van der Waals surface area contributed by atoms with Crippen LogP contribution in [0.1, 0.15) is 43.9 Å². The fourth-order valence-electron chi connectivity index (χ4n) is 3.51. The summed E-state index contributed by atoms with van der Waals surface area (Å²) in [5.74, 6) is -0.157. The highest BCUT2D eigenvalue weighted by Gasteiger charge is 2.30. The molecule has 2 rings (SSSR count). The van der Waals surface area contributed by atoms with Gasteiger partial charge in [0.25, 0.3) is 0 Å². The first-order valence-corrected chi connectivity index (χ1v) is 13.5. The topological polar surface area (TPSA) is 96.0 Å². The number of carbonyl (C=O) groups excluding carboxylic acids is 2. The predicted molar refractivity (Wildman–Crippen MR) is 139 cm³/mol. The summed E-state index contributed by atoms with van der Waals surface area (Å²) in [5.41, 5.74) is 3.10. The Balaban J connectivity index is 2.42. The summed E-state index contributed by atoms with van der Waals surface area (Å²) in [7, 11) is -2.21. The van der Waals surface area contributed by atoms with Crippen molar-refractivity contribution in [2.45, 2.75) is 59.7 Å². The Labute approximate surface area is 209 Å². The van der Waals surface area contributed by atoms with Gasteiger partial charge >= 0.3 is 0 Å². The third-order valence-electron chi connectivity index (χ3n) is 6.11. The van der Waals surface area contributed by atoms with E-state index in [1.807, 2.05) is 39.8 Å². The van der Waals surface area contributed by atoms with Crippen LogP contribution in [-0.4, -0.2) is 57.1 Å². The average Bonchev–Trinajstić information content (AvgIpc) is 2.81. The number of carbonyl (C=O) groups is 2. The zero-order chi connectivity index (χ0) is 26.3. The minimum Gasteiger partial charge on any atom is -0.497 e. The number of hydrogen-bond acceptors (Lipinski definition) is 5. The van der Waals surface area contributed by atoms with Crippen molar-refractivity contribution in [3.05, 3.63) is 59.2 Å². The van der Waals surface area contributed by atoms with Crippen molar-refractivity contribution in [2.75, 3.05) is 24.2 Å². The third-order valence-corrected chi connectivity index (χ3v) is 7.25. The molecule has 0 aromatic heterocycles. The number of sulfonamides is 1. The number of nitrogens with zero attached hydrogens (tertiary/aromatic N) is 2. The Hall–Kier alpha value is -3.07. The molecule has 2 aromatic rings. The van der Waals surface area contributed by atoms with Gasteiger partial charge in [0, 0.05) is 12.6 Å². The van der Waals surface area contributed by atoms with Crippen LogP contribution in [0.15, 0.2) is 42.5 Å². The second-order valence-corrected chi connectivity index (χ2v) is 10.8. The fourth-order valence-corrected chi connectivity index (χ4v) is 4.35. The summed E-state index contributed by atoms with van der Waals surface area (Å²) in [6.07, 6.45) is 1.82. The molecule has 192 valence electrons. The number of ether oxygens (including phenoxy) is 1. The van der Waals surface area contributed by atoms with Gasteiger partial charge in [0.1, 0.15) is 18.3 Å². The van der Waals surface area contributed by atoms with Crippen LogP contribution in [0.2, 0.25) is 0 Å². The average molecular weight is 504 g/mol.